The van der Waals surface area contributed by atoms with E-state index < -0.39 is 0 Å². The Labute approximate surface area is 107 Å². The summed E-state index contributed by atoms with van der Waals surface area (Å²) < 4.78 is 1.90. The van der Waals surface area contributed by atoms with Gasteiger partial charge in [-0.15, -0.1) is 0 Å². The molecule has 0 N–H and O–H groups in total. The molecule has 0 atom stereocenters. The third kappa shape index (κ3) is 1.93. The van der Waals surface area contributed by atoms with Gasteiger partial charge in [0, 0.05) is 0 Å². The van der Waals surface area contributed by atoms with E-state index in [4.69, 9.17) is 0 Å². The second kappa shape index (κ2) is 4.66. The summed E-state index contributed by atoms with van der Waals surface area (Å²) in [5, 5.41) is 0. The Morgan fingerprint density at radius 3 is 1.50 bits per heavy atom. The van der Waals surface area contributed by atoms with Crippen molar-refractivity contribution in [3.05, 3.63) is 31.2 Å². The maximum absolute atomic E-state index is 2.32. The Kier molecular flexibility index (Phi) is 3.92. The molecule has 0 aromatic carbocycles. The van der Waals surface area contributed by atoms with Crippen LogP contribution in [0.4, 0.5) is 0 Å². The minimum atomic E-state index is 0.912. The van der Waals surface area contributed by atoms with Crippen LogP contribution in [0.1, 0.15) is 27.7 Å². The van der Waals surface area contributed by atoms with Gasteiger partial charge in [-0.2, -0.15) is 0 Å². The Bertz CT molecular complexity index is 340. The van der Waals surface area contributed by atoms with Gasteiger partial charge in [-0.05, 0) is 0 Å². The summed E-state index contributed by atoms with van der Waals surface area (Å²) in [6.07, 6.45) is 0. The molecule has 0 bridgehead atoms. The minimum absolute atomic E-state index is 0.912. The summed E-state index contributed by atoms with van der Waals surface area (Å²) in [5.41, 5.74) is 7.97. The second-order valence-corrected chi connectivity index (χ2v) is 29.8. The van der Waals surface area contributed by atoms with Crippen LogP contribution in [-0.4, -0.2) is 48.9 Å². The standard InChI is InChI=1S/C10H12Se4/c1-5-6(2)8(4)9(7(5)3)10-11-13-14-12-10/h1-4H3. The molecule has 0 aromatic rings. The molecule has 76 valence electrons. The predicted molar refractivity (Wildman–Crippen MR) is 66.8 cm³/mol. The topological polar surface area (TPSA) is 0 Å². The Balaban J connectivity index is 2.52. The fourth-order valence-corrected chi connectivity index (χ4v) is 60.5. The molecule has 0 spiro atoms. The Morgan fingerprint density at radius 2 is 1.07 bits per heavy atom. The van der Waals surface area contributed by atoms with Crippen LogP contribution >= 0.6 is 0 Å². The summed E-state index contributed by atoms with van der Waals surface area (Å²) in [4.78, 5) is 0. The summed E-state index contributed by atoms with van der Waals surface area (Å²) in [6.45, 7) is 9.21. The normalized spacial score (nSPS) is 23.1. The average molecular weight is 448 g/mol. The van der Waals surface area contributed by atoms with Crippen molar-refractivity contribution in [1.29, 1.82) is 0 Å². The zero-order valence-electron chi connectivity index (χ0n) is 8.63. The molecule has 1 fully saturated rings. The van der Waals surface area contributed by atoms with Gasteiger partial charge in [0.15, 0.2) is 0 Å². The molecular weight excluding hydrogens is 436 g/mol. The van der Waals surface area contributed by atoms with Gasteiger partial charge in [-0.3, -0.25) is 0 Å². The van der Waals surface area contributed by atoms with Crippen LogP contribution in [0.3, 0.4) is 0 Å². The van der Waals surface area contributed by atoms with Gasteiger partial charge in [0.2, 0.25) is 0 Å². The van der Waals surface area contributed by atoms with Gasteiger partial charge in [-0.25, -0.2) is 0 Å². The Hall–Kier alpha value is 1.30. The molecule has 4 heteroatoms. The van der Waals surface area contributed by atoms with E-state index in [9.17, 15) is 0 Å². The molecule has 0 aromatic heterocycles. The van der Waals surface area contributed by atoms with E-state index in [1.54, 1.807) is 27.9 Å². The molecule has 1 heterocycles. The van der Waals surface area contributed by atoms with Gasteiger partial charge in [0.05, 0.1) is 0 Å². The molecule has 0 saturated carbocycles. The molecule has 0 amide bonds. The van der Waals surface area contributed by atoms with Gasteiger partial charge in [0.25, 0.3) is 0 Å². The first-order valence-corrected chi connectivity index (χ1v) is 19.1. The van der Waals surface area contributed by atoms with Crippen LogP contribution in [0, 0.1) is 0 Å². The van der Waals surface area contributed by atoms with Crippen LogP contribution in [-0.2, 0) is 0 Å². The van der Waals surface area contributed by atoms with Gasteiger partial charge in [0.1, 0.15) is 0 Å². The van der Waals surface area contributed by atoms with Crippen molar-refractivity contribution in [3.63, 3.8) is 0 Å². The number of hydrogen-bond donors (Lipinski definition) is 0. The summed E-state index contributed by atoms with van der Waals surface area (Å²) in [5.74, 6) is 0. The van der Waals surface area contributed by atoms with E-state index in [0.717, 1.165) is 48.9 Å². The van der Waals surface area contributed by atoms with E-state index in [1.807, 2.05) is 3.37 Å². The van der Waals surface area contributed by atoms with Crippen LogP contribution in [0.15, 0.2) is 31.2 Å². The van der Waals surface area contributed by atoms with E-state index >= 15 is 0 Å². The zero-order valence-corrected chi connectivity index (χ0v) is 15.5. The van der Waals surface area contributed by atoms with Crippen LogP contribution < -0.4 is 0 Å². The molecule has 14 heavy (non-hydrogen) atoms. The number of allylic oxidation sites excluding steroid dienone is 5. The first-order chi connectivity index (χ1) is 6.63. The number of rotatable bonds is 0. The molecule has 0 unspecified atom stereocenters. The number of hydrogen-bond acceptors (Lipinski definition) is 0. The molecule has 1 aliphatic heterocycles. The third-order valence-electron chi connectivity index (χ3n) is 2.89. The average Bonchev–Trinajstić information content (AvgIpc) is 2.73. The molecule has 0 nitrogen and oxygen atoms in total. The van der Waals surface area contributed by atoms with Crippen molar-refractivity contribution in [2.75, 3.05) is 0 Å². The van der Waals surface area contributed by atoms with E-state index in [2.05, 4.69) is 27.7 Å². The van der Waals surface area contributed by atoms with Crippen molar-refractivity contribution >= 4 is 48.9 Å². The first kappa shape index (κ1) is 11.8. The van der Waals surface area contributed by atoms with Gasteiger partial charge < -0.3 is 0 Å². The van der Waals surface area contributed by atoms with Crippen LogP contribution in [0.5, 0.6) is 0 Å². The van der Waals surface area contributed by atoms with Crippen LogP contribution in [0.2, 0.25) is 0 Å². The van der Waals surface area contributed by atoms with Crippen molar-refractivity contribution in [2.45, 2.75) is 27.7 Å². The van der Waals surface area contributed by atoms with Gasteiger partial charge in [-0.1, -0.05) is 0 Å². The van der Waals surface area contributed by atoms with E-state index in [0.29, 0.717) is 0 Å². The Morgan fingerprint density at radius 1 is 0.643 bits per heavy atom. The fourth-order valence-electron chi connectivity index (χ4n) is 1.71. The predicted octanol–water partition coefficient (Wildman–Crippen LogP) is 1.46. The monoisotopic (exact) mass is 452 g/mol. The maximum atomic E-state index is 2.32. The molecule has 2 rings (SSSR count). The SMILES string of the molecule is CC1=C(C)C(=C2[Se][Se][Se][Se]2)C(C)=C1C. The van der Waals surface area contributed by atoms with Gasteiger partial charge >= 0.3 is 108 Å². The first-order valence-electron chi connectivity index (χ1n) is 4.41. The van der Waals surface area contributed by atoms with Crippen molar-refractivity contribution < 1.29 is 0 Å². The molecular formula is C10H12Se4. The summed E-state index contributed by atoms with van der Waals surface area (Å²) in [7, 11) is 0. The zero-order chi connectivity index (χ0) is 10.3. The van der Waals surface area contributed by atoms with Crippen molar-refractivity contribution in [1.82, 2.24) is 0 Å². The summed E-state index contributed by atoms with van der Waals surface area (Å²) in [6, 6.07) is 0. The molecule has 0 radical (unpaired) electrons. The van der Waals surface area contributed by atoms with E-state index in [-0.39, 0.29) is 0 Å². The van der Waals surface area contributed by atoms with E-state index in [1.165, 1.54) is 0 Å². The fraction of sp³-hybridized carbons (Fsp3) is 0.400. The quantitative estimate of drug-likeness (QED) is 0.493. The van der Waals surface area contributed by atoms with Crippen LogP contribution in [0.25, 0.3) is 0 Å². The second-order valence-electron chi connectivity index (χ2n) is 3.47. The van der Waals surface area contributed by atoms with Crippen molar-refractivity contribution in [2.24, 2.45) is 0 Å². The molecule has 2 aliphatic rings. The molecule has 1 aliphatic carbocycles. The van der Waals surface area contributed by atoms with Crippen molar-refractivity contribution in [3.8, 4) is 0 Å². The third-order valence-corrected chi connectivity index (χ3v) is 45.1. The summed E-state index contributed by atoms with van der Waals surface area (Å²) >= 11 is 3.92. The molecule has 1 saturated heterocycles.